The van der Waals surface area contributed by atoms with Gasteiger partial charge in [0.05, 0.1) is 18.0 Å². The summed E-state index contributed by atoms with van der Waals surface area (Å²) < 4.78 is 1.87. The van der Waals surface area contributed by atoms with Gasteiger partial charge in [-0.2, -0.15) is 5.10 Å². The summed E-state index contributed by atoms with van der Waals surface area (Å²) in [6.07, 6.45) is 5.58. The molecule has 0 aliphatic rings. The van der Waals surface area contributed by atoms with Gasteiger partial charge in [0, 0.05) is 42.8 Å². The third-order valence-electron chi connectivity index (χ3n) is 3.35. The van der Waals surface area contributed by atoms with Gasteiger partial charge in [-0.3, -0.25) is 4.98 Å². The van der Waals surface area contributed by atoms with E-state index in [0.29, 0.717) is 13.1 Å². The number of aliphatic hydroxyl groups excluding tert-OH is 1. The second-order valence-corrected chi connectivity index (χ2v) is 4.93. The fourth-order valence-electron chi connectivity index (χ4n) is 2.30. The number of nitrogens with zero attached hydrogens (tertiary/aromatic N) is 3. The van der Waals surface area contributed by atoms with E-state index < -0.39 is 0 Å². The zero-order valence-electron chi connectivity index (χ0n) is 12.2. The van der Waals surface area contributed by atoms with Crippen LogP contribution in [-0.4, -0.2) is 33.0 Å². The van der Waals surface area contributed by atoms with Crippen LogP contribution in [0.1, 0.15) is 5.56 Å². The fourth-order valence-corrected chi connectivity index (χ4v) is 2.30. The SMILES string of the molecule is OCCNCc1cn(-c2ccccc2)nc1-c1cccnc1. The van der Waals surface area contributed by atoms with Crippen molar-refractivity contribution in [3.63, 3.8) is 0 Å². The Labute approximate surface area is 129 Å². The summed E-state index contributed by atoms with van der Waals surface area (Å²) in [5.41, 5.74) is 3.98. The van der Waals surface area contributed by atoms with Crippen LogP contribution < -0.4 is 5.32 Å². The van der Waals surface area contributed by atoms with Gasteiger partial charge in [-0.1, -0.05) is 18.2 Å². The number of aliphatic hydroxyl groups is 1. The average Bonchev–Trinajstić information content (AvgIpc) is 3.01. The number of pyridine rings is 1. The molecule has 5 nitrogen and oxygen atoms in total. The molecule has 0 saturated carbocycles. The number of hydrogen-bond acceptors (Lipinski definition) is 4. The Hall–Kier alpha value is -2.50. The van der Waals surface area contributed by atoms with E-state index in [9.17, 15) is 0 Å². The molecule has 2 N–H and O–H groups in total. The predicted molar refractivity (Wildman–Crippen MR) is 85.6 cm³/mol. The molecule has 3 rings (SSSR count). The molecular formula is C17H18N4O. The highest BCUT2D eigenvalue weighted by molar-refractivity contribution is 5.62. The zero-order valence-corrected chi connectivity index (χ0v) is 12.2. The van der Waals surface area contributed by atoms with Gasteiger partial charge in [0.15, 0.2) is 0 Å². The van der Waals surface area contributed by atoms with Crippen molar-refractivity contribution in [1.29, 1.82) is 0 Å². The first kappa shape index (κ1) is 14.4. The minimum atomic E-state index is 0.120. The molecule has 0 saturated heterocycles. The second kappa shape index (κ2) is 6.98. The van der Waals surface area contributed by atoms with Gasteiger partial charge in [0.2, 0.25) is 0 Å². The summed E-state index contributed by atoms with van der Waals surface area (Å²) in [5.74, 6) is 0. The molecule has 0 aliphatic carbocycles. The maximum Gasteiger partial charge on any atom is 0.0988 e. The van der Waals surface area contributed by atoms with Crippen LogP contribution in [0.25, 0.3) is 16.9 Å². The third-order valence-corrected chi connectivity index (χ3v) is 3.35. The molecule has 0 bridgehead atoms. The van der Waals surface area contributed by atoms with E-state index in [4.69, 9.17) is 10.2 Å². The Balaban J connectivity index is 1.97. The Morgan fingerprint density at radius 1 is 1.09 bits per heavy atom. The monoisotopic (exact) mass is 294 g/mol. The van der Waals surface area contributed by atoms with Crippen LogP contribution in [-0.2, 0) is 6.54 Å². The molecule has 0 atom stereocenters. The van der Waals surface area contributed by atoms with E-state index in [0.717, 1.165) is 22.5 Å². The van der Waals surface area contributed by atoms with Gasteiger partial charge in [0.1, 0.15) is 0 Å². The van der Waals surface area contributed by atoms with Crippen LogP contribution in [0, 0.1) is 0 Å². The summed E-state index contributed by atoms with van der Waals surface area (Å²) in [6.45, 7) is 1.33. The molecule has 0 spiro atoms. The van der Waals surface area contributed by atoms with Crippen molar-refractivity contribution in [2.45, 2.75) is 6.54 Å². The Morgan fingerprint density at radius 2 is 1.95 bits per heavy atom. The molecular weight excluding hydrogens is 276 g/mol. The van der Waals surface area contributed by atoms with Crippen molar-refractivity contribution in [2.75, 3.05) is 13.2 Å². The van der Waals surface area contributed by atoms with E-state index >= 15 is 0 Å². The van der Waals surface area contributed by atoms with Crippen molar-refractivity contribution in [1.82, 2.24) is 20.1 Å². The van der Waals surface area contributed by atoms with Gasteiger partial charge in [0.25, 0.3) is 0 Å². The van der Waals surface area contributed by atoms with Crippen molar-refractivity contribution < 1.29 is 5.11 Å². The summed E-state index contributed by atoms with van der Waals surface area (Å²) in [7, 11) is 0. The first-order chi connectivity index (χ1) is 10.9. The third kappa shape index (κ3) is 3.21. The molecule has 0 aliphatic heterocycles. The highest BCUT2D eigenvalue weighted by Crippen LogP contribution is 2.22. The maximum absolute atomic E-state index is 8.92. The quantitative estimate of drug-likeness (QED) is 0.683. The van der Waals surface area contributed by atoms with Crippen molar-refractivity contribution in [2.24, 2.45) is 0 Å². The van der Waals surface area contributed by atoms with Crippen molar-refractivity contribution >= 4 is 0 Å². The number of hydrogen-bond donors (Lipinski definition) is 2. The summed E-state index contributed by atoms with van der Waals surface area (Å²) >= 11 is 0. The first-order valence-corrected chi connectivity index (χ1v) is 7.24. The molecule has 22 heavy (non-hydrogen) atoms. The summed E-state index contributed by atoms with van der Waals surface area (Å²) in [4.78, 5) is 4.17. The largest absolute Gasteiger partial charge is 0.395 e. The standard InChI is InChI=1S/C17H18N4O/c22-10-9-19-12-15-13-21(16-6-2-1-3-7-16)20-17(15)14-5-4-8-18-11-14/h1-8,11,13,19,22H,9-10,12H2. The number of para-hydroxylation sites is 1. The maximum atomic E-state index is 8.92. The van der Waals surface area contributed by atoms with Gasteiger partial charge >= 0.3 is 0 Å². The molecule has 0 radical (unpaired) electrons. The van der Waals surface area contributed by atoms with E-state index in [1.165, 1.54) is 0 Å². The van der Waals surface area contributed by atoms with Crippen LogP contribution in [0.2, 0.25) is 0 Å². The van der Waals surface area contributed by atoms with Crippen molar-refractivity contribution in [3.8, 4) is 16.9 Å². The minimum absolute atomic E-state index is 0.120. The molecule has 2 aromatic heterocycles. The van der Waals surface area contributed by atoms with E-state index in [-0.39, 0.29) is 6.61 Å². The minimum Gasteiger partial charge on any atom is -0.395 e. The summed E-state index contributed by atoms with van der Waals surface area (Å²) in [5, 5.41) is 16.8. The lowest BCUT2D eigenvalue weighted by Gasteiger charge is -2.03. The number of benzene rings is 1. The van der Waals surface area contributed by atoms with E-state index in [1.807, 2.05) is 59.5 Å². The molecule has 1 aromatic carbocycles. The zero-order chi connectivity index (χ0) is 15.2. The van der Waals surface area contributed by atoms with Gasteiger partial charge in [-0.05, 0) is 24.3 Å². The topological polar surface area (TPSA) is 63.0 Å². The Kier molecular flexibility index (Phi) is 4.58. The lowest BCUT2D eigenvalue weighted by atomic mass is 10.1. The number of rotatable bonds is 6. The van der Waals surface area contributed by atoms with E-state index in [2.05, 4.69) is 10.3 Å². The Morgan fingerprint density at radius 3 is 2.68 bits per heavy atom. The predicted octanol–water partition coefficient (Wildman–Crippen LogP) is 2.02. The number of aromatic nitrogens is 3. The number of nitrogens with one attached hydrogen (secondary N) is 1. The first-order valence-electron chi connectivity index (χ1n) is 7.24. The fraction of sp³-hybridized carbons (Fsp3) is 0.176. The van der Waals surface area contributed by atoms with Crippen LogP contribution in [0.15, 0.2) is 61.1 Å². The van der Waals surface area contributed by atoms with Crippen LogP contribution in [0.5, 0.6) is 0 Å². The van der Waals surface area contributed by atoms with Crippen LogP contribution >= 0.6 is 0 Å². The highest BCUT2D eigenvalue weighted by Gasteiger charge is 2.12. The molecule has 3 aromatic rings. The van der Waals surface area contributed by atoms with Gasteiger partial charge in [-0.25, -0.2) is 4.68 Å². The van der Waals surface area contributed by atoms with Gasteiger partial charge < -0.3 is 10.4 Å². The average molecular weight is 294 g/mol. The van der Waals surface area contributed by atoms with Crippen LogP contribution in [0.4, 0.5) is 0 Å². The van der Waals surface area contributed by atoms with Gasteiger partial charge in [-0.15, -0.1) is 0 Å². The molecule has 112 valence electrons. The smallest absolute Gasteiger partial charge is 0.0988 e. The summed E-state index contributed by atoms with van der Waals surface area (Å²) in [6, 6.07) is 13.9. The molecule has 0 fully saturated rings. The molecule has 5 heteroatoms. The highest BCUT2D eigenvalue weighted by atomic mass is 16.3. The second-order valence-electron chi connectivity index (χ2n) is 4.93. The van der Waals surface area contributed by atoms with Crippen LogP contribution in [0.3, 0.4) is 0 Å². The lowest BCUT2D eigenvalue weighted by Crippen LogP contribution is -2.17. The van der Waals surface area contributed by atoms with E-state index in [1.54, 1.807) is 6.20 Å². The molecule has 2 heterocycles. The normalized spacial score (nSPS) is 10.8. The molecule has 0 amide bonds. The lowest BCUT2D eigenvalue weighted by molar-refractivity contribution is 0.292. The Bertz CT molecular complexity index is 710. The molecule has 0 unspecified atom stereocenters. The van der Waals surface area contributed by atoms with Crippen molar-refractivity contribution in [3.05, 3.63) is 66.6 Å².